The first kappa shape index (κ1) is 54.9. The number of anilines is 2. The van der Waals surface area contributed by atoms with Crippen molar-refractivity contribution in [2.75, 3.05) is 69.3 Å². The summed E-state index contributed by atoms with van der Waals surface area (Å²) in [5.74, 6) is 0.580. The zero-order valence-corrected chi connectivity index (χ0v) is 42.4. The van der Waals surface area contributed by atoms with Crippen LogP contribution < -0.4 is 26.2 Å². The molecule has 2 aromatic rings. The van der Waals surface area contributed by atoms with Crippen molar-refractivity contribution in [3.8, 4) is 0 Å². The third kappa shape index (κ3) is 14.3. The third-order valence-electron chi connectivity index (χ3n) is 12.8. The second-order valence-corrected chi connectivity index (χ2v) is 19.1. The first-order valence-corrected chi connectivity index (χ1v) is 25.3. The molecule has 18 heteroatoms. The molecule has 6 rings (SSSR count). The van der Waals surface area contributed by atoms with Gasteiger partial charge < -0.3 is 25.7 Å². The number of hydrazone groups is 1. The summed E-state index contributed by atoms with van der Waals surface area (Å²) in [4.78, 5) is 50.9. The van der Waals surface area contributed by atoms with Gasteiger partial charge in [0.2, 0.25) is 11.8 Å². The van der Waals surface area contributed by atoms with Gasteiger partial charge in [-0.2, -0.15) is 5.10 Å². The van der Waals surface area contributed by atoms with Crippen molar-refractivity contribution in [1.29, 1.82) is 5.41 Å². The SMILES string of the molecule is C=CN(N=C)C(=N\CNC1C=CC(S(=O)c2cccc(N3CCN(CC4CCN(c5ccc(C=O)c(CN(C)C6CCC(=O)NC6=O)c5)CC4)CC3)c2)=CC1F)/C(OC(C)C)=C(C)/C(C=N)=C/N.CC. The molecule has 0 radical (unpaired) electrons. The number of imide groups is 1. The lowest BCUT2D eigenvalue weighted by atomic mass is 9.95. The highest BCUT2D eigenvalue weighted by Crippen LogP contribution is 2.30. The summed E-state index contributed by atoms with van der Waals surface area (Å²) in [5.41, 5.74) is 10.3. The van der Waals surface area contributed by atoms with E-state index in [0.29, 0.717) is 57.6 Å². The molecular weight excluding hydrogens is 910 g/mol. The third-order valence-corrected chi connectivity index (χ3v) is 14.2. The van der Waals surface area contributed by atoms with Gasteiger partial charge in [-0.3, -0.25) is 34.8 Å². The Morgan fingerprint density at radius 2 is 1.77 bits per heavy atom. The minimum Gasteiger partial charge on any atom is -0.487 e. The summed E-state index contributed by atoms with van der Waals surface area (Å²) in [6.07, 6.45) is 10.6. The summed E-state index contributed by atoms with van der Waals surface area (Å²) < 4.78 is 35.7. The number of allylic oxidation sites excluding steroid dienone is 3. The molecule has 2 aromatic carbocycles. The number of aliphatic imine (C=N–C) groups is 1. The second-order valence-electron chi connectivity index (χ2n) is 17.7. The maximum absolute atomic E-state index is 15.7. The molecule has 0 bridgehead atoms. The van der Waals surface area contributed by atoms with Gasteiger partial charge in [-0.25, -0.2) is 18.6 Å². The van der Waals surface area contributed by atoms with Crippen LogP contribution in [0, 0.1) is 11.3 Å². The Labute approximate surface area is 415 Å². The number of aldehydes is 1. The van der Waals surface area contributed by atoms with Crippen LogP contribution in [0.1, 0.15) is 76.2 Å². The molecule has 0 aromatic heterocycles. The number of benzene rings is 2. The van der Waals surface area contributed by atoms with Gasteiger partial charge in [0.1, 0.15) is 12.5 Å². The average molecular weight is 982 g/mol. The van der Waals surface area contributed by atoms with E-state index in [1.807, 2.05) is 76.0 Å². The predicted octanol–water partition coefficient (Wildman–Crippen LogP) is 6.27. The van der Waals surface area contributed by atoms with Crippen LogP contribution in [0.3, 0.4) is 0 Å². The summed E-state index contributed by atoms with van der Waals surface area (Å²) in [5, 5.41) is 18.6. The first-order valence-electron chi connectivity index (χ1n) is 24.1. The number of nitrogens with one attached hydrogen (secondary N) is 3. The van der Waals surface area contributed by atoms with Crippen LogP contribution in [-0.2, 0) is 31.7 Å². The van der Waals surface area contributed by atoms with Crippen LogP contribution in [0.15, 0.2) is 116 Å². The number of halogens is 1. The molecule has 3 heterocycles. The van der Waals surface area contributed by atoms with E-state index in [9.17, 15) is 18.6 Å². The van der Waals surface area contributed by atoms with Crippen LogP contribution in [0.25, 0.3) is 0 Å². The highest BCUT2D eigenvalue weighted by atomic mass is 32.2. The minimum absolute atomic E-state index is 0.0354. The molecule has 3 fully saturated rings. The molecule has 5 N–H and O–H groups in total. The number of carbonyl (C=O) groups excluding carboxylic acids is 3. The number of hydrogen-bond acceptors (Lipinski definition) is 14. The molecule has 3 aliphatic heterocycles. The summed E-state index contributed by atoms with van der Waals surface area (Å²) >= 11 is 0. The van der Waals surface area contributed by atoms with Gasteiger partial charge in [0.05, 0.1) is 35.7 Å². The number of carbonyl (C=O) groups is 3. The van der Waals surface area contributed by atoms with Gasteiger partial charge in [0.25, 0.3) is 0 Å². The molecule has 16 nitrogen and oxygen atoms in total. The maximum atomic E-state index is 15.7. The van der Waals surface area contributed by atoms with Crippen molar-refractivity contribution in [3.63, 3.8) is 0 Å². The van der Waals surface area contributed by atoms with Crippen molar-refractivity contribution in [3.05, 3.63) is 113 Å². The summed E-state index contributed by atoms with van der Waals surface area (Å²) in [6, 6.07) is 12.5. The summed E-state index contributed by atoms with van der Waals surface area (Å²) in [7, 11) is 0.253. The topological polar surface area (TPSA) is 192 Å². The maximum Gasteiger partial charge on any atom is 0.243 e. The van der Waals surface area contributed by atoms with E-state index in [1.165, 1.54) is 23.5 Å². The molecular formula is C52H72FN11O5S. The number of likely N-dealkylation sites (N-methyl/N-ethyl adjacent to an activating group) is 1. The van der Waals surface area contributed by atoms with E-state index in [1.54, 1.807) is 19.1 Å². The Morgan fingerprint density at radius 3 is 2.39 bits per heavy atom. The Balaban J connectivity index is 0.00000450. The number of piperazine rings is 1. The van der Waals surface area contributed by atoms with Crippen molar-refractivity contribution in [1.82, 2.24) is 25.4 Å². The van der Waals surface area contributed by atoms with E-state index in [0.717, 1.165) is 88.1 Å². The van der Waals surface area contributed by atoms with Gasteiger partial charge in [-0.1, -0.05) is 32.6 Å². The predicted molar refractivity (Wildman–Crippen MR) is 280 cm³/mol. The van der Waals surface area contributed by atoms with Crippen LogP contribution in [0.5, 0.6) is 0 Å². The van der Waals surface area contributed by atoms with Crippen molar-refractivity contribution in [2.24, 2.45) is 21.7 Å². The smallest absolute Gasteiger partial charge is 0.243 e. The normalized spacial score (nSPS) is 21.3. The van der Waals surface area contributed by atoms with Gasteiger partial charge >= 0.3 is 0 Å². The van der Waals surface area contributed by atoms with E-state index in [2.05, 4.69) is 54.8 Å². The summed E-state index contributed by atoms with van der Waals surface area (Å²) in [6.45, 7) is 23.6. The molecule has 378 valence electrons. The minimum atomic E-state index is -1.60. The number of alkyl halides is 1. The number of ether oxygens (including phenoxy) is 1. The lowest BCUT2D eigenvalue weighted by molar-refractivity contribution is -0.137. The number of rotatable bonds is 20. The zero-order chi connectivity index (χ0) is 50.9. The average Bonchev–Trinajstić information content (AvgIpc) is 3.37. The number of nitrogens with zero attached hydrogens (tertiary/aromatic N) is 7. The highest BCUT2D eigenvalue weighted by Gasteiger charge is 2.31. The lowest BCUT2D eigenvalue weighted by Gasteiger charge is -2.40. The number of amidine groups is 1. The molecule has 4 unspecified atom stereocenters. The fraction of sp³-hybridized carbons (Fsp3) is 0.462. The Morgan fingerprint density at radius 1 is 1.07 bits per heavy atom. The second kappa shape index (κ2) is 26.8. The number of piperidine rings is 2. The largest absolute Gasteiger partial charge is 0.487 e. The van der Waals surface area contributed by atoms with Crippen LogP contribution in [0.2, 0.25) is 0 Å². The van der Waals surface area contributed by atoms with Gasteiger partial charge in [-0.05, 0) is 107 Å². The van der Waals surface area contributed by atoms with E-state index in [4.69, 9.17) is 15.9 Å². The Hall–Kier alpha value is -6.08. The quantitative estimate of drug-likeness (QED) is 0.0222. The van der Waals surface area contributed by atoms with Gasteiger partial charge in [0.15, 0.2) is 11.6 Å². The Kier molecular flexibility index (Phi) is 21.0. The van der Waals surface area contributed by atoms with Crippen molar-refractivity contribution in [2.45, 2.75) is 96.1 Å². The molecule has 4 atom stereocenters. The molecule has 0 saturated carbocycles. The number of hydrogen-bond donors (Lipinski definition) is 4. The molecule has 0 spiro atoms. The van der Waals surface area contributed by atoms with E-state index < -0.39 is 29.1 Å². The molecule has 4 aliphatic rings. The van der Waals surface area contributed by atoms with Crippen molar-refractivity contribution < 1.29 is 27.7 Å². The standard InChI is InChI=1S/C50H66FN11O5S.C2H6/c1-7-62(54-5)49(48(67-34(2)3)35(4)39(28-52)29-53)56-33-55-45-14-13-43(27-44(45)51)68(66)42-10-8-9-40(26-42)61-23-21-59(22-24-61)30-36-17-19-60(20-18-36)41-12-11-37(32-63)38(25-41)31-58(6)46-15-16-47(64)57-50(46)65;1-2/h7-14,25-29,32,34,36,44-46,52,55H,1,5,15-24,30-31,33,53H2,2-4,6H3,(H,57,64,65);1-2H3/b39-29+,48-35-,52-28?,56-49-;. The van der Waals surface area contributed by atoms with Gasteiger partial charge in [0, 0.05) is 122 Å². The fourth-order valence-corrected chi connectivity index (χ4v) is 10.1. The molecule has 3 saturated heterocycles. The van der Waals surface area contributed by atoms with Crippen molar-refractivity contribution >= 4 is 59.0 Å². The monoisotopic (exact) mass is 982 g/mol. The number of nitrogens with two attached hydrogens (primary N) is 1. The van der Waals surface area contributed by atoms with Crippen LogP contribution in [-0.4, -0.2) is 140 Å². The Bertz CT molecular complexity index is 2360. The highest BCUT2D eigenvalue weighted by molar-refractivity contribution is 7.89. The lowest BCUT2D eigenvalue weighted by Crippen LogP contribution is -2.51. The first-order chi connectivity index (χ1) is 33.8. The van der Waals surface area contributed by atoms with Crippen LogP contribution in [0.4, 0.5) is 15.8 Å². The molecule has 2 amide bonds. The number of amides is 2. The van der Waals surface area contributed by atoms with E-state index in [-0.39, 0.29) is 30.4 Å². The zero-order valence-electron chi connectivity index (χ0n) is 41.6. The molecule has 70 heavy (non-hydrogen) atoms. The molecule has 1 aliphatic carbocycles. The van der Waals surface area contributed by atoms with Gasteiger partial charge in [-0.15, -0.1) is 0 Å². The van der Waals surface area contributed by atoms with E-state index >= 15 is 4.39 Å². The van der Waals surface area contributed by atoms with Crippen LogP contribution >= 0.6 is 0 Å². The fourth-order valence-electron chi connectivity index (χ4n) is 8.95.